The lowest BCUT2D eigenvalue weighted by Gasteiger charge is -2.08. The average Bonchev–Trinajstić information content (AvgIpc) is 2.01. The van der Waals surface area contributed by atoms with E-state index in [2.05, 4.69) is 28.1 Å². The van der Waals surface area contributed by atoms with Crippen LogP contribution in [0.5, 0.6) is 0 Å². The summed E-state index contributed by atoms with van der Waals surface area (Å²) in [6, 6.07) is 3.14. The van der Waals surface area contributed by atoms with Crippen molar-refractivity contribution in [1.29, 1.82) is 0 Å². The SMILES string of the molecule is NC(=S)c1ccc(C(F)(F)F)cc1Br. The van der Waals surface area contributed by atoms with Gasteiger partial charge in [0, 0.05) is 10.0 Å². The second-order valence-electron chi connectivity index (χ2n) is 2.56. The molecule has 76 valence electrons. The summed E-state index contributed by atoms with van der Waals surface area (Å²) in [6.45, 7) is 0. The molecule has 0 aliphatic heterocycles. The molecule has 0 aliphatic carbocycles. The minimum Gasteiger partial charge on any atom is -0.389 e. The average molecular weight is 284 g/mol. The highest BCUT2D eigenvalue weighted by Gasteiger charge is 2.30. The Morgan fingerprint density at radius 2 is 1.93 bits per heavy atom. The number of hydrogen-bond acceptors (Lipinski definition) is 1. The summed E-state index contributed by atoms with van der Waals surface area (Å²) in [5, 5.41) is 0. The molecule has 0 saturated carbocycles. The predicted octanol–water partition coefficient (Wildman–Crippen LogP) is 3.10. The van der Waals surface area contributed by atoms with Crippen LogP contribution in [0, 0.1) is 0 Å². The van der Waals surface area contributed by atoms with Crippen molar-refractivity contribution in [2.45, 2.75) is 6.18 Å². The number of rotatable bonds is 1. The molecule has 2 N–H and O–H groups in total. The molecule has 1 aromatic rings. The fourth-order valence-electron chi connectivity index (χ4n) is 0.891. The number of halogens is 4. The second kappa shape index (κ2) is 3.86. The Balaban J connectivity index is 3.20. The van der Waals surface area contributed by atoms with Gasteiger partial charge in [-0.1, -0.05) is 34.2 Å². The zero-order valence-electron chi connectivity index (χ0n) is 6.73. The standard InChI is InChI=1S/C8H5BrF3NS/c9-6-3-4(8(10,11)12)1-2-5(6)7(13)14/h1-3H,(H2,13,14). The smallest absolute Gasteiger partial charge is 0.389 e. The van der Waals surface area contributed by atoms with Crippen molar-refractivity contribution in [2.24, 2.45) is 5.73 Å². The summed E-state index contributed by atoms with van der Waals surface area (Å²) < 4.78 is 36.9. The van der Waals surface area contributed by atoms with Crippen LogP contribution >= 0.6 is 28.1 Å². The Morgan fingerprint density at radius 1 is 1.36 bits per heavy atom. The van der Waals surface area contributed by atoms with E-state index in [-0.39, 0.29) is 9.46 Å². The molecule has 0 radical (unpaired) electrons. The van der Waals surface area contributed by atoms with Gasteiger partial charge in [0.15, 0.2) is 0 Å². The highest BCUT2D eigenvalue weighted by atomic mass is 79.9. The second-order valence-corrected chi connectivity index (χ2v) is 3.85. The first-order chi connectivity index (χ1) is 6.32. The van der Waals surface area contributed by atoms with Crippen LogP contribution in [0.25, 0.3) is 0 Å². The van der Waals surface area contributed by atoms with Crippen LogP contribution in [0.1, 0.15) is 11.1 Å². The first-order valence-electron chi connectivity index (χ1n) is 3.49. The van der Waals surface area contributed by atoms with E-state index < -0.39 is 11.7 Å². The lowest BCUT2D eigenvalue weighted by Crippen LogP contribution is -2.12. The zero-order valence-corrected chi connectivity index (χ0v) is 9.13. The van der Waals surface area contributed by atoms with E-state index in [4.69, 9.17) is 5.73 Å². The molecule has 0 unspecified atom stereocenters. The van der Waals surface area contributed by atoms with E-state index in [0.29, 0.717) is 5.56 Å². The third-order valence-electron chi connectivity index (χ3n) is 1.56. The van der Waals surface area contributed by atoms with Crippen LogP contribution in [0.4, 0.5) is 13.2 Å². The van der Waals surface area contributed by atoms with Gasteiger partial charge in [-0.25, -0.2) is 0 Å². The third-order valence-corrected chi connectivity index (χ3v) is 2.44. The summed E-state index contributed by atoms with van der Waals surface area (Å²) in [4.78, 5) is 0.0607. The van der Waals surface area contributed by atoms with Gasteiger partial charge in [0.05, 0.1) is 5.56 Å². The van der Waals surface area contributed by atoms with Crippen molar-refractivity contribution in [1.82, 2.24) is 0 Å². The summed E-state index contributed by atoms with van der Waals surface area (Å²) in [6.07, 6.45) is -4.35. The summed E-state index contributed by atoms with van der Waals surface area (Å²) in [7, 11) is 0. The lowest BCUT2D eigenvalue weighted by molar-refractivity contribution is -0.137. The van der Waals surface area contributed by atoms with Gasteiger partial charge in [-0.05, 0) is 12.1 Å². The third kappa shape index (κ3) is 2.45. The van der Waals surface area contributed by atoms with Gasteiger partial charge in [0.25, 0.3) is 0 Å². The lowest BCUT2D eigenvalue weighted by atomic mass is 10.1. The molecule has 0 aromatic heterocycles. The van der Waals surface area contributed by atoms with Crippen LogP contribution in [0.15, 0.2) is 22.7 Å². The molecule has 0 atom stereocenters. The first kappa shape index (κ1) is 11.5. The van der Waals surface area contributed by atoms with E-state index in [1.54, 1.807) is 0 Å². The molecule has 6 heteroatoms. The topological polar surface area (TPSA) is 26.0 Å². The normalized spacial score (nSPS) is 11.4. The van der Waals surface area contributed by atoms with Gasteiger partial charge in [0.2, 0.25) is 0 Å². The molecule has 1 rings (SSSR count). The number of benzene rings is 1. The molecule has 0 bridgehead atoms. The Kier molecular flexibility index (Phi) is 3.16. The van der Waals surface area contributed by atoms with Crippen molar-refractivity contribution in [2.75, 3.05) is 0 Å². The fourth-order valence-corrected chi connectivity index (χ4v) is 1.79. The predicted molar refractivity (Wildman–Crippen MR) is 55.0 cm³/mol. The molecular weight excluding hydrogens is 279 g/mol. The monoisotopic (exact) mass is 283 g/mol. The Hall–Kier alpha value is -0.620. The van der Waals surface area contributed by atoms with Crippen LogP contribution in [-0.2, 0) is 6.18 Å². The van der Waals surface area contributed by atoms with Crippen molar-refractivity contribution in [3.05, 3.63) is 33.8 Å². The minimum atomic E-state index is -4.35. The van der Waals surface area contributed by atoms with Gasteiger partial charge in [-0.3, -0.25) is 0 Å². The summed E-state index contributed by atoms with van der Waals surface area (Å²) >= 11 is 7.63. The highest BCUT2D eigenvalue weighted by Crippen LogP contribution is 2.32. The van der Waals surface area contributed by atoms with Crippen molar-refractivity contribution < 1.29 is 13.2 Å². The number of hydrogen-bond donors (Lipinski definition) is 1. The molecule has 0 heterocycles. The molecule has 0 aliphatic rings. The van der Waals surface area contributed by atoms with Crippen LogP contribution in [-0.4, -0.2) is 4.99 Å². The quantitative estimate of drug-likeness (QED) is 0.802. The van der Waals surface area contributed by atoms with E-state index in [1.807, 2.05) is 0 Å². The van der Waals surface area contributed by atoms with E-state index >= 15 is 0 Å². The maximum absolute atomic E-state index is 12.2. The molecule has 0 amide bonds. The summed E-state index contributed by atoms with van der Waals surface area (Å²) in [5.74, 6) is 0. The number of nitrogens with two attached hydrogens (primary N) is 1. The Labute approximate surface area is 92.2 Å². The number of alkyl halides is 3. The van der Waals surface area contributed by atoms with Crippen LogP contribution in [0.3, 0.4) is 0 Å². The van der Waals surface area contributed by atoms with Crippen LogP contribution < -0.4 is 5.73 Å². The van der Waals surface area contributed by atoms with Gasteiger partial charge in [-0.15, -0.1) is 0 Å². The molecule has 0 fully saturated rings. The minimum absolute atomic E-state index is 0.0607. The zero-order chi connectivity index (χ0) is 10.9. The van der Waals surface area contributed by atoms with E-state index in [1.165, 1.54) is 6.07 Å². The van der Waals surface area contributed by atoms with Gasteiger partial charge in [0.1, 0.15) is 4.99 Å². The molecular formula is C8H5BrF3NS. The van der Waals surface area contributed by atoms with Crippen LogP contribution in [0.2, 0.25) is 0 Å². The van der Waals surface area contributed by atoms with Crippen molar-refractivity contribution in [3.63, 3.8) is 0 Å². The van der Waals surface area contributed by atoms with Gasteiger partial charge >= 0.3 is 6.18 Å². The van der Waals surface area contributed by atoms with E-state index in [0.717, 1.165) is 12.1 Å². The molecule has 1 aromatic carbocycles. The molecule has 0 spiro atoms. The largest absolute Gasteiger partial charge is 0.416 e. The molecule has 14 heavy (non-hydrogen) atoms. The maximum atomic E-state index is 12.2. The fraction of sp³-hybridized carbons (Fsp3) is 0.125. The van der Waals surface area contributed by atoms with Crippen molar-refractivity contribution in [3.8, 4) is 0 Å². The van der Waals surface area contributed by atoms with Gasteiger partial charge in [-0.2, -0.15) is 13.2 Å². The Bertz CT molecular complexity index is 375. The first-order valence-corrected chi connectivity index (χ1v) is 4.69. The maximum Gasteiger partial charge on any atom is 0.416 e. The van der Waals surface area contributed by atoms with E-state index in [9.17, 15) is 13.2 Å². The highest BCUT2D eigenvalue weighted by molar-refractivity contribution is 9.10. The Morgan fingerprint density at radius 3 is 2.29 bits per heavy atom. The van der Waals surface area contributed by atoms with Gasteiger partial charge < -0.3 is 5.73 Å². The summed E-state index contributed by atoms with van der Waals surface area (Å²) in [5.41, 5.74) is 4.96. The van der Waals surface area contributed by atoms with Crippen molar-refractivity contribution >= 4 is 33.1 Å². The number of thiocarbonyl (C=S) groups is 1. The molecule has 1 nitrogen and oxygen atoms in total. The molecule has 0 saturated heterocycles.